The van der Waals surface area contributed by atoms with Crippen LogP contribution in [0.5, 0.6) is 5.75 Å². The van der Waals surface area contributed by atoms with Gasteiger partial charge in [0.1, 0.15) is 11.9 Å². The zero-order valence-electron chi connectivity index (χ0n) is 13.9. The van der Waals surface area contributed by atoms with Crippen molar-refractivity contribution in [2.24, 2.45) is 5.92 Å². The minimum absolute atomic E-state index is 0.0519. The normalized spacial score (nSPS) is 12.9. The Balaban J connectivity index is 2.08. The zero-order valence-corrected chi connectivity index (χ0v) is 13.9. The second-order valence-electron chi connectivity index (χ2n) is 5.73. The van der Waals surface area contributed by atoms with E-state index in [1.54, 1.807) is 42.5 Å². The van der Waals surface area contributed by atoms with Gasteiger partial charge in [-0.15, -0.1) is 0 Å². The van der Waals surface area contributed by atoms with E-state index in [1.165, 1.54) is 12.1 Å². The van der Waals surface area contributed by atoms with E-state index in [0.29, 0.717) is 17.5 Å². The van der Waals surface area contributed by atoms with Gasteiger partial charge in [-0.3, -0.25) is 10.1 Å². The van der Waals surface area contributed by atoms with Gasteiger partial charge < -0.3 is 14.9 Å². The van der Waals surface area contributed by atoms with Crippen LogP contribution in [0.25, 0.3) is 0 Å². The van der Waals surface area contributed by atoms with Crippen molar-refractivity contribution in [2.45, 2.75) is 19.4 Å². The van der Waals surface area contributed by atoms with E-state index in [4.69, 9.17) is 9.84 Å². The first-order valence-corrected chi connectivity index (χ1v) is 7.98. The molecule has 6 heteroatoms. The summed E-state index contributed by atoms with van der Waals surface area (Å²) in [7, 11) is 0. The first-order valence-electron chi connectivity index (χ1n) is 7.98. The standard InChI is InChI=1S/C19H21NO5/c1-13(11-12-21)17(14-7-9-16(22)10-8-14)25-19(24)20-18(23)15-5-3-2-4-6-15/h2-10,13,17,21-22H,11-12H2,1H3,(H,20,23,24)/t13-,17+/m1/s1. The second kappa shape index (κ2) is 8.84. The highest BCUT2D eigenvalue weighted by molar-refractivity contribution is 6.02. The van der Waals surface area contributed by atoms with Crippen LogP contribution in [-0.4, -0.2) is 28.8 Å². The summed E-state index contributed by atoms with van der Waals surface area (Å²) >= 11 is 0. The molecule has 0 unspecified atom stereocenters. The first kappa shape index (κ1) is 18.5. The summed E-state index contributed by atoms with van der Waals surface area (Å²) < 4.78 is 5.42. The summed E-state index contributed by atoms with van der Waals surface area (Å²) in [6.07, 6.45) is -1.10. The van der Waals surface area contributed by atoms with Crippen LogP contribution in [0.2, 0.25) is 0 Å². The molecule has 0 aromatic heterocycles. The summed E-state index contributed by atoms with van der Waals surface area (Å²) in [5.41, 5.74) is 1.02. The number of nitrogens with one attached hydrogen (secondary N) is 1. The number of hydrogen-bond acceptors (Lipinski definition) is 5. The largest absolute Gasteiger partial charge is 0.508 e. The molecule has 0 saturated carbocycles. The van der Waals surface area contributed by atoms with Gasteiger partial charge in [-0.05, 0) is 42.2 Å². The third kappa shape index (κ3) is 5.32. The van der Waals surface area contributed by atoms with Gasteiger partial charge in [0.15, 0.2) is 0 Å². The zero-order chi connectivity index (χ0) is 18.2. The number of aliphatic hydroxyl groups is 1. The van der Waals surface area contributed by atoms with Crippen LogP contribution in [0.4, 0.5) is 4.79 Å². The van der Waals surface area contributed by atoms with Gasteiger partial charge >= 0.3 is 6.09 Å². The van der Waals surface area contributed by atoms with Crippen molar-refractivity contribution in [1.82, 2.24) is 5.32 Å². The van der Waals surface area contributed by atoms with Crippen LogP contribution in [-0.2, 0) is 4.74 Å². The number of alkyl carbamates (subject to hydrolysis) is 1. The highest BCUT2D eigenvalue weighted by Gasteiger charge is 2.24. The van der Waals surface area contributed by atoms with Crippen LogP contribution in [0.1, 0.15) is 35.4 Å². The van der Waals surface area contributed by atoms with Crippen molar-refractivity contribution in [3.8, 4) is 5.75 Å². The summed E-state index contributed by atoms with van der Waals surface area (Å²) in [6, 6.07) is 14.6. The molecule has 3 N–H and O–H groups in total. The Kier molecular flexibility index (Phi) is 6.54. The lowest BCUT2D eigenvalue weighted by atomic mass is 9.94. The third-order valence-corrected chi connectivity index (χ3v) is 3.81. The van der Waals surface area contributed by atoms with Gasteiger partial charge in [-0.1, -0.05) is 37.3 Å². The number of carbonyl (C=O) groups excluding carboxylic acids is 2. The number of benzene rings is 2. The molecular weight excluding hydrogens is 322 g/mol. The lowest BCUT2D eigenvalue weighted by Crippen LogP contribution is -2.33. The summed E-state index contributed by atoms with van der Waals surface area (Å²) in [4.78, 5) is 24.1. The van der Waals surface area contributed by atoms with Crippen molar-refractivity contribution in [3.63, 3.8) is 0 Å². The lowest BCUT2D eigenvalue weighted by molar-refractivity contribution is 0.0545. The molecule has 2 aromatic carbocycles. The average Bonchev–Trinajstić information content (AvgIpc) is 2.61. The maximum atomic E-state index is 12.1. The molecule has 0 aliphatic carbocycles. The molecule has 0 saturated heterocycles. The molecule has 132 valence electrons. The second-order valence-corrected chi connectivity index (χ2v) is 5.73. The fourth-order valence-electron chi connectivity index (χ4n) is 2.43. The van der Waals surface area contributed by atoms with E-state index >= 15 is 0 Å². The van der Waals surface area contributed by atoms with Gasteiger partial charge in [0.25, 0.3) is 5.91 Å². The number of ether oxygens (including phenoxy) is 1. The highest BCUT2D eigenvalue weighted by atomic mass is 16.6. The number of amides is 2. The van der Waals surface area contributed by atoms with E-state index in [9.17, 15) is 14.7 Å². The quantitative estimate of drug-likeness (QED) is 0.749. The summed E-state index contributed by atoms with van der Waals surface area (Å²) in [6.45, 7) is 1.78. The number of imide groups is 1. The van der Waals surface area contributed by atoms with Gasteiger partial charge in [-0.2, -0.15) is 0 Å². The molecule has 2 amide bonds. The Morgan fingerprint density at radius 3 is 2.32 bits per heavy atom. The van der Waals surface area contributed by atoms with E-state index in [1.807, 2.05) is 6.92 Å². The SMILES string of the molecule is C[C@H](CCO)[C@H](OC(=O)NC(=O)c1ccccc1)c1ccc(O)cc1. The topological polar surface area (TPSA) is 95.9 Å². The minimum Gasteiger partial charge on any atom is -0.508 e. The van der Waals surface area contributed by atoms with Crippen LogP contribution >= 0.6 is 0 Å². The fourth-order valence-corrected chi connectivity index (χ4v) is 2.43. The number of aromatic hydroxyl groups is 1. The maximum Gasteiger partial charge on any atom is 0.414 e. The molecule has 0 fully saturated rings. The average molecular weight is 343 g/mol. The molecule has 0 aliphatic rings. The molecule has 25 heavy (non-hydrogen) atoms. The Labute approximate surface area is 146 Å². The molecule has 2 rings (SSSR count). The number of aliphatic hydroxyl groups excluding tert-OH is 1. The molecule has 0 bridgehead atoms. The van der Waals surface area contributed by atoms with E-state index in [2.05, 4.69) is 5.32 Å². The fraction of sp³-hybridized carbons (Fsp3) is 0.263. The van der Waals surface area contributed by atoms with Gasteiger partial charge in [0.05, 0.1) is 0 Å². The maximum absolute atomic E-state index is 12.1. The Bertz CT molecular complexity index is 700. The van der Waals surface area contributed by atoms with E-state index in [0.717, 1.165) is 0 Å². The van der Waals surface area contributed by atoms with Crippen molar-refractivity contribution in [1.29, 1.82) is 0 Å². The van der Waals surface area contributed by atoms with Gasteiger partial charge in [0.2, 0.25) is 0 Å². The summed E-state index contributed by atoms with van der Waals surface area (Å²) in [5, 5.41) is 20.7. The number of phenols is 1. The van der Waals surface area contributed by atoms with Gasteiger partial charge in [-0.25, -0.2) is 4.79 Å². The monoisotopic (exact) mass is 343 g/mol. The molecule has 2 atom stereocenters. The predicted molar refractivity (Wildman–Crippen MR) is 92.1 cm³/mol. The third-order valence-electron chi connectivity index (χ3n) is 3.81. The van der Waals surface area contributed by atoms with Gasteiger partial charge in [0, 0.05) is 12.2 Å². The molecular formula is C19H21NO5. The number of carbonyl (C=O) groups is 2. The van der Waals surface area contributed by atoms with Crippen LogP contribution in [0.3, 0.4) is 0 Å². The van der Waals surface area contributed by atoms with E-state index < -0.39 is 18.1 Å². The minimum atomic E-state index is -0.864. The van der Waals surface area contributed by atoms with E-state index in [-0.39, 0.29) is 18.3 Å². The molecule has 0 spiro atoms. The molecule has 0 radical (unpaired) electrons. The van der Waals surface area contributed by atoms with Crippen molar-refractivity contribution >= 4 is 12.0 Å². The number of rotatable bonds is 6. The van der Waals surface area contributed by atoms with Crippen LogP contribution in [0, 0.1) is 5.92 Å². The summed E-state index contributed by atoms with van der Waals surface area (Å²) in [5.74, 6) is -0.627. The highest BCUT2D eigenvalue weighted by Crippen LogP contribution is 2.29. The van der Waals surface area contributed by atoms with Crippen LogP contribution < -0.4 is 5.32 Å². The molecule has 0 heterocycles. The molecule has 2 aromatic rings. The first-order chi connectivity index (χ1) is 12.0. The number of phenolic OH excluding ortho intramolecular Hbond substituents is 1. The smallest absolute Gasteiger partial charge is 0.414 e. The molecule has 6 nitrogen and oxygen atoms in total. The Hall–Kier alpha value is -2.86. The van der Waals surface area contributed by atoms with Crippen molar-refractivity contribution in [3.05, 3.63) is 65.7 Å². The Morgan fingerprint density at radius 2 is 1.72 bits per heavy atom. The number of hydrogen-bond donors (Lipinski definition) is 3. The predicted octanol–water partition coefficient (Wildman–Crippen LogP) is 3.02. The molecule has 0 aliphatic heterocycles. The van der Waals surface area contributed by atoms with Crippen molar-refractivity contribution < 1.29 is 24.5 Å². The van der Waals surface area contributed by atoms with Crippen molar-refractivity contribution in [2.75, 3.05) is 6.61 Å². The Morgan fingerprint density at radius 1 is 1.08 bits per heavy atom. The van der Waals surface area contributed by atoms with Crippen LogP contribution in [0.15, 0.2) is 54.6 Å². The lowest BCUT2D eigenvalue weighted by Gasteiger charge is -2.24.